The summed E-state index contributed by atoms with van der Waals surface area (Å²) in [6, 6.07) is 22.5. The van der Waals surface area contributed by atoms with Crippen LogP contribution in [0.25, 0.3) is 0 Å². The van der Waals surface area contributed by atoms with E-state index in [4.69, 9.17) is 5.73 Å². The lowest BCUT2D eigenvalue weighted by molar-refractivity contribution is 0.845. The molecule has 24 heavy (non-hydrogen) atoms. The molecule has 3 aromatic rings. The molecule has 2 N–H and O–H groups in total. The van der Waals surface area contributed by atoms with Gasteiger partial charge < -0.3 is 10.6 Å². The molecule has 1 heterocycles. The number of nitrogens with two attached hydrogens (primary N) is 1. The molecule has 0 saturated carbocycles. The summed E-state index contributed by atoms with van der Waals surface area (Å²) in [6.45, 7) is 2.92. The minimum atomic E-state index is -0.147. The molecule has 0 bridgehead atoms. The van der Waals surface area contributed by atoms with Crippen molar-refractivity contribution in [3.63, 3.8) is 0 Å². The Kier molecular flexibility index (Phi) is 4.92. The quantitative estimate of drug-likeness (QED) is 0.771. The van der Waals surface area contributed by atoms with Crippen LogP contribution >= 0.6 is 0 Å². The first-order valence-electron chi connectivity index (χ1n) is 8.17. The summed E-state index contributed by atoms with van der Waals surface area (Å²) in [5, 5.41) is 0. The fourth-order valence-electron chi connectivity index (χ4n) is 2.94. The van der Waals surface area contributed by atoms with Crippen molar-refractivity contribution in [3.05, 3.63) is 95.2 Å². The van der Waals surface area contributed by atoms with E-state index in [1.165, 1.54) is 5.56 Å². The molecular weight excluding hydrogens is 294 g/mol. The molecule has 1 unspecified atom stereocenters. The molecule has 0 fully saturated rings. The Balaban J connectivity index is 1.79. The van der Waals surface area contributed by atoms with E-state index in [9.17, 15) is 0 Å². The van der Waals surface area contributed by atoms with Crippen LogP contribution in [0.5, 0.6) is 0 Å². The zero-order valence-electron chi connectivity index (χ0n) is 14.2. The van der Waals surface area contributed by atoms with E-state index in [0.717, 1.165) is 29.1 Å². The second-order valence-corrected chi connectivity index (χ2v) is 6.14. The fraction of sp³-hybridized carbons (Fsp3) is 0.190. The summed E-state index contributed by atoms with van der Waals surface area (Å²) in [6.07, 6.45) is 1.89. The number of benzene rings is 2. The predicted octanol–water partition coefficient (Wildman–Crippen LogP) is 4.07. The third kappa shape index (κ3) is 3.63. The highest BCUT2D eigenvalue weighted by molar-refractivity contribution is 5.48. The number of hydrogen-bond donors (Lipinski definition) is 1. The molecule has 1 aromatic heterocycles. The summed E-state index contributed by atoms with van der Waals surface area (Å²) >= 11 is 0. The van der Waals surface area contributed by atoms with Gasteiger partial charge in [-0.1, -0.05) is 60.7 Å². The Bertz CT molecular complexity index is 785. The van der Waals surface area contributed by atoms with Crippen LogP contribution in [0.1, 0.15) is 28.3 Å². The molecule has 2 aromatic carbocycles. The first-order valence-corrected chi connectivity index (χ1v) is 8.17. The van der Waals surface area contributed by atoms with Gasteiger partial charge >= 0.3 is 0 Å². The molecule has 0 aliphatic heterocycles. The van der Waals surface area contributed by atoms with Gasteiger partial charge in [-0.2, -0.15) is 0 Å². The van der Waals surface area contributed by atoms with Crippen LogP contribution in [0.3, 0.4) is 0 Å². The average molecular weight is 317 g/mol. The van der Waals surface area contributed by atoms with Crippen LogP contribution in [0, 0.1) is 6.92 Å². The molecule has 122 valence electrons. The molecule has 0 amide bonds. The zero-order valence-corrected chi connectivity index (χ0v) is 14.2. The van der Waals surface area contributed by atoms with Gasteiger partial charge in [-0.15, -0.1) is 0 Å². The highest BCUT2D eigenvalue weighted by atomic mass is 15.2. The number of nitrogens with zero attached hydrogens (tertiary/aromatic N) is 2. The van der Waals surface area contributed by atoms with Crippen molar-refractivity contribution in [2.45, 2.75) is 19.5 Å². The molecule has 0 radical (unpaired) electrons. The zero-order chi connectivity index (χ0) is 16.9. The molecule has 3 heteroatoms. The Morgan fingerprint density at radius 3 is 2.21 bits per heavy atom. The van der Waals surface area contributed by atoms with Gasteiger partial charge in [0.05, 0.1) is 6.04 Å². The van der Waals surface area contributed by atoms with E-state index < -0.39 is 0 Å². The highest BCUT2D eigenvalue weighted by Gasteiger charge is 2.13. The lowest BCUT2D eigenvalue weighted by Gasteiger charge is -2.22. The number of hydrogen-bond acceptors (Lipinski definition) is 3. The molecule has 0 saturated heterocycles. The maximum Gasteiger partial charge on any atom is 0.131 e. The molecule has 0 spiro atoms. The van der Waals surface area contributed by atoms with Gasteiger partial charge in [0.1, 0.15) is 5.82 Å². The summed E-state index contributed by atoms with van der Waals surface area (Å²) in [4.78, 5) is 6.84. The van der Waals surface area contributed by atoms with Gasteiger partial charge in [-0.25, -0.2) is 4.98 Å². The van der Waals surface area contributed by atoms with Gasteiger partial charge in [-0.3, -0.25) is 0 Å². The number of rotatable bonds is 5. The maximum absolute atomic E-state index is 6.38. The Morgan fingerprint density at radius 1 is 0.958 bits per heavy atom. The van der Waals surface area contributed by atoms with Crippen LogP contribution in [0.4, 0.5) is 5.82 Å². The number of anilines is 1. The van der Waals surface area contributed by atoms with Gasteiger partial charge in [0.25, 0.3) is 0 Å². The van der Waals surface area contributed by atoms with Crippen LogP contribution in [-0.2, 0) is 6.54 Å². The van der Waals surface area contributed by atoms with Crippen molar-refractivity contribution in [1.82, 2.24) is 4.98 Å². The van der Waals surface area contributed by atoms with Crippen LogP contribution in [-0.4, -0.2) is 12.0 Å². The van der Waals surface area contributed by atoms with Crippen molar-refractivity contribution < 1.29 is 0 Å². The van der Waals surface area contributed by atoms with Crippen molar-refractivity contribution in [1.29, 1.82) is 0 Å². The lowest BCUT2D eigenvalue weighted by Crippen LogP contribution is -2.20. The van der Waals surface area contributed by atoms with E-state index in [2.05, 4.69) is 66.3 Å². The normalized spacial score (nSPS) is 12.0. The van der Waals surface area contributed by atoms with Crippen LogP contribution < -0.4 is 10.6 Å². The van der Waals surface area contributed by atoms with Gasteiger partial charge in [0.15, 0.2) is 0 Å². The van der Waals surface area contributed by atoms with Crippen molar-refractivity contribution in [2.75, 3.05) is 11.9 Å². The topological polar surface area (TPSA) is 42.1 Å². The first kappa shape index (κ1) is 16.2. The van der Waals surface area contributed by atoms with Crippen LogP contribution in [0.2, 0.25) is 0 Å². The molecule has 3 nitrogen and oxygen atoms in total. The number of pyridine rings is 1. The Morgan fingerprint density at radius 2 is 1.58 bits per heavy atom. The third-order valence-electron chi connectivity index (χ3n) is 4.21. The second-order valence-electron chi connectivity index (χ2n) is 6.14. The van der Waals surface area contributed by atoms with Crippen LogP contribution in [0.15, 0.2) is 72.9 Å². The highest BCUT2D eigenvalue weighted by Crippen LogP contribution is 2.24. The average Bonchev–Trinajstić information content (AvgIpc) is 2.62. The van der Waals surface area contributed by atoms with E-state index >= 15 is 0 Å². The van der Waals surface area contributed by atoms with Crippen molar-refractivity contribution in [2.24, 2.45) is 5.73 Å². The molecule has 3 rings (SSSR count). The van der Waals surface area contributed by atoms with Gasteiger partial charge in [0, 0.05) is 19.8 Å². The molecular formula is C21H23N3. The summed E-state index contributed by atoms with van der Waals surface area (Å²) < 4.78 is 0. The van der Waals surface area contributed by atoms with E-state index in [0.29, 0.717) is 0 Å². The second kappa shape index (κ2) is 7.28. The lowest BCUT2D eigenvalue weighted by atomic mass is 10.00. The van der Waals surface area contributed by atoms with Gasteiger partial charge in [0.2, 0.25) is 0 Å². The Labute approximate surface area is 143 Å². The summed E-state index contributed by atoms with van der Waals surface area (Å²) in [5.74, 6) is 0.989. The van der Waals surface area contributed by atoms with Crippen molar-refractivity contribution >= 4 is 5.82 Å². The van der Waals surface area contributed by atoms with E-state index in [-0.39, 0.29) is 6.04 Å². The summed E-state index contributed by atoms with van der Waals surface area (Å²) in [7, 11) is 2.07. The predicted molar refractivity (Wildman–Crippen MR) is 100.0 cm³/mol. The fourth-order valence-corrected chi connectivity index (χ4v) is 2.94. The minimum Gasteiger partial charge on any atom is -0.355 e. The van der Waals surface area contributed by atoms with Crippen molar-refractivity contribution in [3.8, 4) is 0 Å². The summed E-state index contributed by atoms with van der Waals surface area (Å²) in [5.41, 5.74) is 10.9. The monoisotopic (exact) mass is 317 g/mol. The maximum atomic E-state index is 6.38. The Hall–Kier alpha value is -2.65. The molecule has 0 aliphatic carbocycles. The smallest absolute Gasteiger partial charge is 0.131 e. The number of aryl methyl sites for hydroxylation is 1. The minimum absolute atomic E-state index is 0.147. The van der Waals surface area contributed by atoms with Gasteiger partial charge in [-0.05, 0) is 35.2 Å². The first-order chi connectivity index (χ1) is 11.6. The standard InChI is InChI=1S/C21H23N3/c1-16-13-19(20(22)18-11-7-4-8-12-18)14-23-21(16)24(2)15-17-9-5-3-6-10-17/h3-14,20H,15,22H2,1-2H3. The molecule has 1 atom stereocenters. The number of aromatic nitrogens is 1. The molecule has 0 aliphatic rings. The van der Waals surface area contributed by atoms with E-state index in [1.54, 1.807) is 0 Å². The SMILES string of the molecule is Cc1cc(C(N)c2ccccc2)cnc1N(C)Cc1ccccc1. The van der Waals surface area contributed by atoms with E-state index in [1.807, 2.05) is 30.5 Å². The third-order valence-corrected chi connectivity index (χ3v) is 4.21. The largest absolute Gasteiger partial charge is 0.355 e.